The van der Waals surface area contributed by atoms with Gasteiger partial charge in [-0.05, 0) is 18.2 Å². The number of benzene rings is 1. The lowest BCUT2D eigenvalue weighted by Crippen LogP contribution is -2.29. The minimum atomic E-state index is 0.946. The molecule has 3 aromatic heterocycles. The van der Waals surface area contributed by atoms with Gasteiger partial charge in [0.2, 0.25) is 5.65 Å². The second kappa shape index (κ2) is 3.28. The molecule has 5 rings (SSSR count). The van der Waals surface area contributed by atoms with E-state index >= 15 is 0 Å². The second-order valence-electron chi connectivity index (χ2n) is 5.34. The van der Waals surface area contributed by atoms with Crippen LogP contribution in [0.25, 0.3) is 28.2 Å². The molecule has 1 aromatic carbocycles. The summed E-state index contributed by atoms with van der Waals surface area (Å²) in [7, 11) is 2.10. The number of hydrogen-bond acceptors (Lipinski definition) is 1. The van der Waals surface area contributed by atoms with Gasteiger partial charge in [0.15, 0.2) is 6.20 Å². The highest BCUT2D eigenvalue weighted by Gasteiger charge is 2.32. The Balaban J connectivity index is 2.03. The first-order valence-electron chi connectivity index (χ1n) is 6.77. The Bertz CT molecular complexity index is 990. The number of hydrogen-bond donors (Lipinski definition) is 0. The summed E-state index contributed by atoms with van der Waals surface area (Å²) in [6.45, 7) is 0.946. The predicted octanol–water partition coefficient (Wildman–Crippen LogP) is 2.14. The zero-order valence-corrected chi connectivity index (χ0v) is 11.1. The van der Waals surface area contributed by atoms with Crippen LogP contribution in [0.15, 0.2) is 48.8 Å². The highest BCUT2D eigenvalue weighted by molar-refractivity contribution is 5.81. The summed E-state index contributed by atoms with van der Waals surface area (Å²) in [6.07, 6.45) is 4.08. The van der Waals surface area contributed by atoms with E-state index in [-0.39, 0.29) is 0 Å². The van der Waals surface area contributed by atoms with Crippen LogP contribution >= 0.6 is 0 Å². The van der Waals surface area contributed by atoms with Crippen molar-refractivity contribution in [3.05, 3.63) is 54.4 Å². The van der Waals surface area contributed by atoms with Crippen LogP contribution in [-0.4, -0.2) is 14.0 Å². The molecule has 4 nitrogen and oxygen atoms in total. The minimum absolute atomic E-state index is 0.946. The van der Waals surface area contributed by atoms with E-state index in [2.05, 4.69) is 62.1 Å². The fourth-order valence-electron chi connectivity index (χ4n) is 3.34. The molecule has 4 aromatic rings. The van der Waals surface area contributed by atoms with Crippen molar-refractivity contribution in [3.63, 3.8) is 0 Å². The van der Waals surface area contributed by atoms with Gasteiger partial charge in [0.05, 0.1) is 5.56 Å². The first kappa shape index (κ1) is 10.2. The number of pyridine rings is 1. The molecule has 0 atom stereocenters. The monoisotopic (exact) mass is 261 g/mol. The van der Waals surface area contributed by atoms with E-state index in [0.29, 0.717) is 0 Å². The fraction of sp³-hybridized carbons (Fsp3) is 0.125. The van der Waals surface area contributed by atoms with Crippen LogP contribution in [0.3, 0.4) is 0 Å². The number of imidazole rings is 2. The van der Waals surface area contributed by atoms with Gasteiger partial charge >= 0.3 is 0 Å². The summed E-state index contributed by atoms with van der Waals surface area (Å²) >= 11 is 0. The zero-order valence-electron chi connectivity index (χ0n) is 11.1. The molecule has 0 unspecified atom stereocenters. The molecule has 0 aliphatic carbocycles. The summed E-state index contributed by atoms with van der Waals surface area (Å²) in [4.78, 5) is 4.58. The van der Waals surface area contributed by atoms with Gasteiger partial charge in [0.25, 0.3) is 11.5 Å². The van der Waals surface area contributed by atoms with Gasteiger partial charge in [-0.1, -0.05) is 18.2 Å². The topological polar surface area (TPSA) is 26.1 Å². The summed E-state index contributed by atoms with van der Waals surface area (Å²) in [5.41, 5.74) is 6.06. The van der Waals surface area contributed by atoms with Crippen LogP contribution in [-0.2, 0) is 13.6 Å². The van der Waals surface area contributed by atoms with Crippen molar-refractivity contribution in [2.45, 2.75) is 6.54 Å². The maximum Gasteiger partial charge on any atom is 0.297 e. The maximum absolute atomic E-state index is 4.58. The number of nitrogens with zero attached hydrogens (tertiary/aromatic N) is 4. The summed E-state index contributed by atoms with van der Waals surface area (Å²) in [5.74, 6) is 1.24. The molecule has 20 heavy (non-hydrogen) atoms. The number of rotatable bonds is 0. The van der Waals surface area contributed by atoms with Crippen LogP contribution in [0, 0.1) is 0 Å². The third kappa shape index (κ3) is 1.04. The molecule has 0 spiro atoms. The maximum atomic E-state index is 4.58. The first-order chi connectivity index (χ1) is 9.84. The van der Waals surface area contributed by atoms with Gasteiger partial charge in [0.1, 0.15) is 12.1 Å². The van der Waals surface area contributed by atoms with Crippen molar-refractivity contribution in [1.29, 1.82) is 0 Å². The first-order valence-corrected chi connectivity index (χ1v) is 6.77. The van der Waals surface area contributed by atoms with Gasteiger partial charge in [-0.25, -0.2) is 9.55 Å². The highest BCUT2D eigenvalue weighted by Crippen LogP contribution is 2.30. The van der Waals surface area contributed by atoms with Crippen LogP contribution in [0.5, 0.6) is 0 Å². The summed E-state index contributed by atoms with van der Waals surface area (Å²) in [5, 5.41) is 0. The molecule has 0 saturated carbocycles. The Labute approximate surface area is 115 Å². The van der Waals surface area contributed by atoms with Crippen molar-refractivity contribution in [3.8, 4) is 11.4 Å². The van der Waals surface area contributed by atoms with E-state index in [4.69, 9.17) is 0 Å². The van der Waals surface area contributed by atoms with Gasteiger partial charge in [-0.3, -0.25) is 0 Å². The quantitative estimate of drug-likeness (QED) is 0.392. The van der Waals surface area contributed by atoms with Crippen molar-refractivity contribution in [1.82, 2.24) is 14.0 Å². The molecule has 0 radical (unpaired) electrons. The van der Waals surface area contributed by atoms with Gasteiger partial charge in [-0.2, -0.15) is 4.40 Å². The van der Waals surface area contributed by atoms with Gasteiger partial charge in [-0.15, -0.1) is 0 Å². The minimum Gasteiger partial charge on any atom is -0.303 e. The Morgan fingerprint density at radius 1 is 1.15 bits per heavy atom. The van der Waals surface area contributed by atoms with E-state index in [1.807, 2.05) is 12.3 Å². The standard InChI is InChI=1S/C16H13N4/c1-18-13-7-4-8-17-15(13)20-14(18)10-19-9-11-5-2-3-6-12(11)16(19)20/h2-8,10H,9H2,1H3/q+1. The van der Waals surface area contributed by atoms with E-state index < -0.39 is 0 Å². The molecular formula is C16H13N4+. The van der Waals surface area contributed by atoms with E-state index in [9.17, 15) is 0 Å². The molecule has 96 valence electrons. The third-order valence-corrected chi connectivity index (χ3v) is 4.27. The lowest BCUT2D eigenvalue weighted by atomic mass is 10.1. The van der Waals surface area contributed by atoms with E-state index in [1.165, 1.54) is 22.6 Å². The SMILES string of the molecule is Cn1c2cccnc2n2c3[n+](cc12)Cc1ccccc1-3. The molecular weight excluding hydrogens is 248 g/mol. The lowest BCUT2D eigenvalue weighted by Gasteiger charge is -1.92. The van der Waals surface area contributed by atoms with E-state index in [0.717, 1.165) is 17.7 Å². The van der Waals surface area contributed by atoms with Gasteiger partial charge in [0, 0.05) is 18.8 Å². The van der Waals surface area contributed by atoms with Crippen LogP contribution in [0.2, 0.25) is 0 Å². The molecule has 1 aliphatic heterocycles. The number of fused-ring (bicyclic) bond motifs is 7. The molecule has 1 aliphatic rings. The number of aryl methyl sites for hydroxylation is 1. The van der Waals surface area contributed by atoms with Gasteiger partial charge < -0.3 is 4.57 Å². The Hall–Kier alpha value is -2.62. The van der Waals surface area contributed by atoms with Crippen molar-refractivity contribution in [2.75, 3.05) is 0 Å². The second-order valence-corrected chi connectivity index (χ2v) is 5.34. The molecule has 4 heteroatoms. The van der Waals surface area contributed by atoms with Crippen molar-refractivity contribution >= 4 is 16.8 Å². The molecule has 0 fully saturated rings. The lowest BCUT2D eigenvalue weighted by molar-refractivity contribution is -0.670. The Kier molecular flexibility index (Phi) is 1.67. The smallest absolute Gasteiger partial charge is 0.297 e. The van der Waals surface area contributed by atoms with E-state index in [1.54, 1.807) is 0 Å². The summed E-state index contributed by atoms with van der Waals surface area (Å²) in [6, 6.07) is 12.7. The molecule has 0 saturated heterocycles. The normalized spacial score (nSPS) is 13.1. The fourth-order valence-corrected chi connectivity index (χ4v) is 3.34. The third-order valence-electron chi connectivity index (χ3n) is 4.27. The zero-order chi connectivity index (χ0) is 13.3. The van der Waals surface area contributed by atoms with Crippen LogP contribution < -0.4 is 4.57 Å². The molecule has 4 heterocycles. The van der Waals surface area contributed by atoms with Crippen molar-refractivity contribution in [2.24, 2.45) is 7.05 Å². The molecule has 0 N–H and O–H groups in total. The van der Waals surface area contributed by atoms with Crippen LogP contribution in [0.1, 0.15) is 5.56 Å². The summed E-state index contributed by atoms with van der Waals surface area (Å²) < 4.78 is 6.78. The average Bonchev–Trinajstić information content (AvgIpc) is 3.08. The average molecular weight is 261 g/mol. The Morgan fingerprint density at radius 2 is 2.05 bits per heavy atom. The largest absolute Gasteiger partial charge is 0.303 e. The van der Waals surface area contributed by atoms with Crippen LogP contribution in [0.4, 0.5) is 0 Å². The number of aromatic nitrogens is 4. The Morgan fingerprint density at radius 3 is 3.00 bits per heavy atom. The predicted molar refractivity (Wildman–Crippen MR) is 76.4 cm³/mol. The molecule has 0 bridgehead atoms. The highest BCUT2D eigenvalue weighted by atomic mass is 15.2. The molecule has 0 amide bonds. The van der Waals surface area contributed by atoms with Crippen molar-refractivity contribution < 1.29 is 4.57 Å².